The van der Waals surface area contributed by atoms with Crippen molar-refractivity contribution in [3.05, 3.63) is 52.0 Å². The molecule has 0 amide bonds. The Morgan fingerprint density at radius 3 is 2.83 bits per heavy atom. The fraction of sp³-hybridized carbons (Fsp3) is 0.286. The van der Waals surface area contributed by atoms with Crippen molar-refractivity contribution in [2.75, 3.05) is 6.61 Å². The highest BCUT2D eigenvalue weighted by Crippen LogP contribution is 2.22. The van der Waals surface area contributed by atoms with Crippen molar-refractivity contribution in [2.45, 2.75) is 19.4 Å². The van der Waals surface area contributed by atoms with Crippen LogP contribution in [0.2, 0.25) is 0 Å². The molecule has 0 saturated heterocycles. The molecule has 0 spiro atoms. The quantitative estimate of drug-likeness (QED) is 0.896. The van der Waals surface area contributed by atoms with Gasteiger partial charge in [-0.05, 0) is 47.0 Å². The van der Waals surface area contributed by atoms with E-state index in [1.165, 1.54) is 11.6 Å². The van der Waals surface area contributed by atoms with Gasteiger partial charge in [0.1, 0.15) is 0 Å². The van der Waals surface area contributed by atoms with Gasteiger partial charge in [-0.2, -0.15) is 11.3 Å². The van der Waals surface area contributed by atoms with E-state index in [1.54, 1.807) is 30.4 Å². The molecule has 0 bridgehead atoms. The summed E-state index contributed by atoms with van der Waals surface area (Å²) in [7, 11) is 0. The van der Waals surface area contributed by atoms with Gasteiger partial charge in [0.25, 0.3) is 0 Å². The Hall–Kier alpha value is -1.39. The second kappa shape index (κ2) is 5.98. The molecule has 0 aliphatic carbocycles. The highest BCUT2D eigenvalue weighted by Gasteiger charge is 2.07. The number of aliphatic hydroxyl groups excluding tert-OH is 1. The lowest BCUT2D eigenvalue weighted by Crippen LogP contribution is -2.03. The summed E-state index contributed by atoms with van der Waals surface area (Å²) in [6, 6.07) is 6.57. The molecule has 2 rings (SSSR count). The second-order valence-electron chi connectivity index (χ2n) is 4.10. The summed E-state index contributed by atoms with van der Waals surface area (Å²) in [6.07, 6.45) is 0.0977. The third kappa shape index (κ3) is 3.31. The zero-order chi connectivity index (χ0) is 13.0. The first kappa shape index (κ1) is 13.1. The van der Waals surface area contributed by atoms with Crippen molar-refractivity contribution in [1.82, 2.24) is 0 Å². The summed E-state index contributed by atoms with van der Waals surface area (Å²) in [5, 5.41) is 13.4. The molecule has 1 heterocycles. The largest absolute Gasteiger partial charge is 0.490 e. The summed E-state index contributed by atoms with van der Waals surface area (Å²) in [6.45, 7) is 2.05. The monoisotopic (exact) mass is 266 g/mol. The number of rotatable bonds is 5. The Bertz CT molecular complexity index is 495. The average Bonchev–Trinajstić information content (AvgIpc) is 2.84. The predicted molar refractivity (Wildman–Crippen MR) is 70.6 cm³/mol. The van der Waals surface area contributed by atoms with E-state index in [0.717, 1.165) is 6.42 Å². The van der Waals surface area contributed by atoms with Gasteiger partial charge in [-0.25, -0.2) is 4.39 Å². The molecule has 96 valence electrons. The first-order valence-corrected chi connectivity index (χ1v) is 6.72. The molecular weight excluding hydrogens is 251 g/mol. The van der Waals surface area contributed by atoms with Crippen LogP contribution in [-0.2, 0) is 6.42 Å². The fourth-order valence-electron chi connectivity index (χ4n) is 1.61. The average molecular weight is 266 g/mol. The second-order valence-corrected chi connectivity index (χ2v) is 4.88. The summed E-state index contributed by atoms with van der Waals surface area (Å²) in [5.74, 6) is -0.201. The van der Waals surface area contributed by atoms with Crippen LogP contribution < -0.4 is 4.74 Å². The first-order valence-electron chi connectivity index (χ1n) is 5.78. The molecule has 0 fully saturated rings. The molecule has 1 aromatic heterocycles. The minimum absolute atomic E-state index is 0.231. The van der Waals surface area contributed by atoms with Crippen molar-refractivity contribution in [3.8, 4) is 5.75 Å². The van der Waals surface area contributed by atoms with Gasteiger partial charge in [0.05, 0.1) is 12.7 Å². The van der Waals surface area contributed by atoms with Crippen LogP contribution >= 0.6 is 11.3 Å². The van der Waals surface area contributed by atoms with E-state index >= 15 is 0 Å². The van der Waals surface area contributed by atoms with Gasteiger partial charge in [0.15, 0.2) is 11.6 Å². The highest BCUT2D eigenvalue weighted by molar-refractivity contribution is 7.07. The molecule has 1 N–H and O–H groups in total. The maximum atomic E-state index is 13.6. The van der Waals surface area contributed by atoms with Crippen LogP contribution in [-0.4, -0.2) is 11.7 Å². The molecular formula is C14H15FO2S. The number of aliphatic hydroxyl groups is 1. The van der Waals surface area contributed by atoms with Crippen molar-refractivity contribution >= 4 is 11.3 Å². The number of hydrogen-bond donors (Lipinski definition) is 1. The molecule has 1 aromatic carbocycles. The van der Waals surface area contributed by atoms with Crippen molar-refractivity contribution in [2.24, 2.45) is 0 Å². The minimum atomic E-state index is -0.667. The zero-order valence-electron chi connectivity index (χ0n) is 10.1. The number of halogens is 1. The van der Waals surface area contributed by atoms with E-state index < -0.39 is 11.9 Å². The Kier molecular flexibility index (Phi) is 4.33. The fourth-order valence-corrected chi connectivity index (χ4v) is 2.31. The Morgan fingerprint density at radius 2 is 2.22 bits per heavy atom. The maximum Gasteiger partial charge on any atom is 0.165 e. The normalized spacial score (nSPS) is 12.4. The minimum Gasteiger partial charge on any atom is -0.490 e. The molecule has 0 unspecified atom stereocenters. The summed E-state index contributed by atoms with van der Waals surface area (Å²) in [4.78, 5) is 0. The number of benzene rings is 1. The van der Waals surface area contributed by atoms with Gasteiger partial charge >= 0.3 is 0 Å². The SMILES string of the molecule is C[C@H](O)c1ccc(OCCc2ccsc2)c(F)c1. The van der Waals surface area contributed by atoms with Crippen LogP contribution in [0, 0.1) is 5.82 Å². The van der Waals surface area contributed by atoms with Crippen LogP contribution in [0.15, 0.2) is 35.0 Å². The van der Waals surface area contributed by atoms with E-state index in [-0.39, 0.29) is 5.75 Å². The molecule has 1 atom stereocenters. The third-order valence-electron chi connectivity index (χ3n) is 2.67. The lowest BCUT2D eigenvalue weighted by molar-refractivity contribution is 0.198. The molecule has 0 aliphatic heterocycles. The van der Waals surface area contributed by atoms with Gasteiger partial charge in [0, 0.05) is 6.42 Å². The van der Waals surface area contributed by atoms with Crippen molar-refractivity contribution in [3.63, 3.8) is 0 Å². The number of thiophene rings is 1. The predicted octanol–water partition coefficient (Wildman–Crippen LogP) is 3.56. The summed E-state index contributed by atoms with van der Waals surface area (Å²) >= 11 is 1.64. The van der Waals surface area contributed by atoms with Gasteiger partial charge in [-0.15, -0.1) is 0 Å². The summed E-state index contributed by atoms with van der Waals surface area (Å²) < 4.78 is 19.0. The van der Waals surface area contributed by atoms with E-state index in [9.17, 15) is 9.50 Å². The molecule has 0 radical (unpaired) electrons. The Morgan fingerprint density at radius 1 is 1.39 bits per heavy atom. The zero-order valence-corrected chi connectivity index (χ0v) is 10.9. The highest BCUT2D eigenvalue weighted by atomic mass is 32.1. The molecule has 4 heteroatoms. The van der Waals surface area contributed by atoms with Crippen LogP contribution in [0.25, 0.3) is 0 Å². The van der Waals surface area contributed by atoms with E-state index in [2.05, 4.69) is 5.38 Å². The van der Waals surface area contributed by atoms with Crippen LogP contribution in [0.5, 0.6) is 5.75 Å². The standard InChI is InChI=1S/C14H15FO2S/c1-10(16)12-2-3-14(13(15)8-12)17-6-4-11-5-7-18-9-11/h2-3,5,7-10,16H,4,6H2,1H3/t10-/m0/s1. The molecule has 0 saturated carbocycles. The van der Waals surface area contributed by atoms with Crippen molar-refractivity contribution in [1.29, 1.82) is 0 Å². The smallest absolute Gasteiger partial charge is 0.165 e. The van der Waals surface area contributed by atoms with E-state index in [1.807, 2.05) is 11.4 Å². The third-order valence-corrected chi connectivity index (χ3v) is 3.40. The number of ether oxygens (including phenoxy) is 1. The maximum absolute atomic E-state index is 13.6. The number of hydrogen-bond acceptors (Lipinski definition) is 3. The lowest BCUT2D eigenvalue weighted by Gasteiger charge is -2.09. The molecule has 2 aromatic rings. The Balaban J connectivity index is 1.93. The molecule has 0 aliphatic rings. The van der Waals surface area contributed by atoms with Gasteiger partial charge in [-0.1, -0.05) is 6.07 Å². The molecule has 18 heavy (non-hydrogen) atoms. The van der Waals surface area contributed by atoms with Crippen LogP contribution in [0.1, 0.15) is 24.2 Å². The van der Waals surface area contributed by atoms with Crippen molar-refractivity contribution < 1.29 is 14.2 Å². The van der Waals surface area contributed by atoms with Gasteiger partial charge in [0.2, 0.25) is 0 Å². The van der Waals surface area contributed by atoms with Gasteiger partial charge in [-0.3, -0.25) is 0 Å². The molecule has 2 nitrogen and oxygen atoms in total. The topological polar surface area (TPSA) is 29.5 Å². The van der Waals surface area contributed by atoms with Gasteiger partial charge < -0.3 is 9.84 Å². The first-order chi connectivity index (χ1) is 8.66. The van der Waals surface area contributed by atoms with E-state index in [0.29, 0.717) is 12.2 Å². The lowest BCUT2D eigenvalue weighted by atomic mass is 10.1. The summed E-state index contributed by atoms with van der Waals surface area (Å²) in [5.41, 5.74) is 1.75. The Labute approximate surface area is 110 Å². The van der Waals surface area contributed by atoms with Crippen LogP contribution in [0.4, 0.5) is 4.39 Å². The van der Waals surface area contributed by atoms with Crippen LogP contribution in [0.3, 0.4) is 0 Å². The van der Waals surface area contributed by atoms with E-state index in [4.69, 9.17) is 4.74 Å².